The molecule has 1 aromatic rings. The predicted octanol–water partition coefficient (Wildman–Crippen LogP) is 6.48. The van der Waals surface area contributed by atoms with Crippen LogP contribution in [0.1, 0.15) is 77.0 Å². The Hall–Kier alpha value is -1.67. The fourth-order valence-electron chi connectivity index (χ4n) is 4.84. The third-order valence-corrected chi connectivity index (χ3v) is 5.66. The second kappa shape index (κ2) is 9.01. The lowest BCUT2D eigenvalue weighted by Gasteiger charge is -2.46. The smallest absolute Gasteiger partial charge is 0.0253 e. The number of hydrogen-bond acceptors (Lipinski definition) is 2. The molecule has 1 aliphatic heterocycles. The number of rotatable bonds is 7. The Morgan fingerprint density at radius 1 is 1.15 bits per heavy atom. The molecule has 0 spiro atoms. The normalized spacial score (nSPS) is 20.1. The molecule has 0 amide bonds. The van der Waals surface area contributed by atoms with E-state index in [4.69, 9.17) is 5.41 Å². The van der Waals surface area contributed by atoms with Crippen molar-refractivity contribution in [2.45, 2.75) is 84.7 Å². The summed E-state index contributed by atoms with van der Waals surface area (Å²) in [4.78, 5) is 0. The van der Waals surface area contributed by atoms with Gasteiger partial charge in [0.1, 0.15) is 0 Å². The van der Waals surface area contributed by atoms with Crippen LogP contribution in [0.3, 0.4) is 0 Å². The Balaban J connectivity index is 1.87. The van der Waals surface area contributed by atoms with Crippen molar-refractivity contribution in [3.63, 3.8) is 0 Å². The highest BCUT2D eigenvalue weighted by Crippen LogP contribution is 2.35. The molecule has 1 saturated heterocycles. The topological polar surface area (TPSA) is 35.9 Å². The fraction of sp³-hybridized carbons (Fsp3) is 0.560. The Bertz CT molecular complexity index is 691. The molecule has 1 aliphatic rings. The van der Waals surface area contributed by atoms with Crippen molar-refractivity contribution in [3.8, 4) is 0 Å². The van der Waals surface area contributed by atoms with Crippen molar-refractivity contribution >= 4 is 11.8 Å². The van der Waals surface area contributed by atoms with Gasteiger partial charge in [-0.1, -0.05) is 36.4 Å². The van der Waals surface area contributed by atoms with E-state index >= 15 is 0 Å². The molecule has 2 heteroatoms. The number of benzene rings is 1. The quantitative estimate of drug-likeness (QED) is 0.420. The van der Waals surface area contributed by atoms with Gasteiger partial charge in [0, 0.05) is 17.3 Å². The molecular formula is C25H38N2. The Labute approximate surface area is 166 Å². The van der Waals surface area contributed by atoms with Gasteiger partial charge >= 0.3 is 0 Å². The molecule has 148 valence electrons. The van der Waals surface area contributed by atoms with E-state index in [-0.39, 0.29) is 11.1 Å². The first kappa shape index (κ1) is 21.6. The molecule has 1 fully saturated rings. The summed E-state index contributed by atoms with van der Waals surface area (Å²) in [5, 5.41) is 11.3. The zero-order valence-corrected chi connectivity index (χ0v) is 18.2. The second-order valence-electron chi connectivity index (χ2n) is 9.45. The van der Waals surface area contributed by atoms with E-state index in [2.05, 4.69) is 70.3 Å². The zero-order valence-electron chi connectivity index (χ0n) is 18.2. The van der Waals surface area contributed by atoms with Gasteiger partial charge in [0.05, 0.1) is 0 Å². The second-order valence-corrected chi connectivity index (χ2v) is 9.45. The van der Waals surface area contributed by atoms with Crippen LogP contribution in [0.15, 0.2) is 36.4 Å². The molecule has 1 heterocycles. The largest absolute Gasteiger partial charge is 0.308 e. The predicted molar refractivity (Wildman–Crippen MR) is 120 cm³/mol. The lowest BCUT2D eigenvalue weighted by molar-refractivity contribution is 0.124. The van der Waals surface area contributed by atoms with Gasteiger partial charge < -0.3 is 10.7 Å². The van der Waals surface area contributed by atoms with Crippen LogP contribution in [-0.4, -0.2) is 17.3 Å². The van der Waals surface area contributed by atoms with E-state index in [0.717, 1.165) is 23.5 Å². The minimum Gasteiger partial charge on any atom is -0.308 e. The first-order chi connectivity index (χ1) is 12.7. The molecule has 27 heavy (non-hydrogen) atoms. The summed E-state index contributed by atoms with van der Waals surface area (Å²) >= 11 is 0. The highest BCUT2D eigenvalue weighted by molar-refractivity contribution is 6.08. The number of nitrogens with one attached hydrogen (secondary N) is 2. The lowest BCUT2D eigenvalue weighted by Crippen LogP contribution is -2.57. The summed E-state index contributed by atoms with van der Waals surface area (Å²) in [7, 11) is 0. The average molecular weight is 367 g/mol. The fourth-order valence-corrected chi connectivity index (χ4v) is 4.84. The van der Waals surface area contributed by atoms with Gasteiger partial charge in [0.2, 0.25) is 0 Å². The molecular weight excluding hydrogens is 328 g/mol. The number of aryl methyl sites for hydroxylation is 1. The van der Waals surface area contributed by atoms with Crippen LogP contribution in [0, 0.1) is 18.3 Å². The molecule has 0 aliphatic carbocycles. The molecule has 1 aromatic carbocycles. The molecule has 0 atom stereocenters. The molecule has 0 saturated carbocycles. The zero-order chi connectivity index (χ0) is 20.1. The summed E-state index contributed by atoms with van der Waals surface area (Å²) in [6.45, 7) is 13.5. The molecule has 2 rings (SSSR count). The summed E-state index contributed by atoms with van der Waals surface area (Å²) in [6, 6.07) is 6.54. The summed E-state index contributed by atoms with van der Waals surface area (Å²) < 4.78 is 0. The van der Waals surface area contributed by atoms with Gasteiger partial charge in [-0.2, -0.15) is 0 Å². The highest BCUT2D eigenvalue weighted by Gasteiger charge is 2.36. The monoisotopic (exact) mass is 366 g/mol. The number of piperidine rings is 1. The Morgan fingerprint density at radius 2 is 1.81 bits per heavy atom. The van der Waals surface area contributed by atoms with Gasteiger partial charge in [-0.15, -0.1) is 0 Å². The van der Waals surface area contributed by atoms with Gasteiger partial charge in [-0.25, -0.2) is 0 Å². The minimum absolute atomic E-state index is 0.247. The number of allylic oxidation sites excluding steroid dienone is 4. The summed E-state index contributed by atoms with van der Waals surface area (Å²) in [5.41, 5.74) is 5.29. The first-order valence-electron chi connectivity index (χ1n) is 10.4. The molecule has 0 aromatic heterocycles. The SMILES string of the molecule is C/C=C(\C=N)c1ccc(C/C=C\CCC2CC(C)(C)NC(C)(C)C2)c(C)c1. The summed E-state index contributed by atoms with van der Waals surface area (Å²) in [5.74, 6) is 0.808. The van der Waals surface area contributed by atoms with E-state index < -0.39 is 0 Å². The maximum Gasteiger partial charge on any atom is 0.0253 e. The van der Waals surface area contributed by atoms with Crippen molar-refractivity contribution in [1.82, 2.24) is 5.32 Å². The van der Waals surface area contributed by atoms with E-state index in [1.165, 1.54) is 43.0 Å². The minimum atomic E-state index is 0.247. The third kappa shape index (κ3) is 6.46. The van der Waals surface area contributed by atoms with E-state index in [9.17, 15) is 0 Å². The molecule has 0 unspecified atom stereocenters. The molecule has 0 radical (unpaired) electrons. The van der Waals surface area contributed by atoms with Gasteiger partial charge in [0.15, 0.2) is 0 Å². The van der Waals surface area contributed by atoms with E-state index in [1.807, 2.05) is 13.0 Å². The maximum atomic E-state index is 7.50. The third-order valence-electron chi connectivity index (χ3n) is 5.66. The highest BCUT2D eigenvalue weighted by atomic mass is 15.0. The van der Waals surface area contributed by atoms with Crippen LogP contribution in [0.4, 0.5) is 0 Å². The van der Waals surface area contributed by atoms with Crippen molar-refractivity contribution in [2.75, 3.05) is 0 Å². The molecule has 2 N–H and O–H groups in total. The van der Waals surface area contributed by atoms with Crippen molar-refractivity contribution in [2.24, 2.45) is 5.92 Å². The Kier molecular flexibility index (Phi) is 7.22. The van der Waals surface area contributed by atoms with Crippen LogP contribution >= 0.6 is 0 Å². The van der Waals surface area contributed by atoms with Crippen LogP contribution in [0.5, 0.6) is 0 Å². The average Bonchev–Trinajstić information content (AvgIpc) is 2.54. The molecule has 2 nitrogen and oxygen atoms in total. The number of hydrogen-bond donors (Lipinski definition) is 2. The van der Waals surface area contributed by atoms with Crippen LogP contribution in [-0.2, 0) is 6.42 Å². The lowest BCUT2D eigenvalue weighted by atomic mass is 9.74. The first-order valence-corrected chi connectivity index (χ1v) is 10.4. The van der Waals surface area contributed by atoms with E-state index in [1.54, 1.807) is 0 Å². The van der Waals surface area contributed by atoms with Gasteiger partial charge in [-0.3, -0.25) is 0 Å². The standard InChI is InChI=1S/C25H38N2/c1-7-21(18-26)23-14-13-22(19(2)15-23)12-10-8-9-11-20-16-24(3,4)27-25(5,6)17-20/h7-8,10,13-15,18,20,26-27H,9,11-12,16-17H2,1-6H3/b10-8-,21-7+,26-18?. The van der Waals surface area contributed by atoms with Crippen LogP contribution < -0.4 is 5.32 Å². The molecule has 0 bridgehead atoms. The van der Waals surface area contributed by atoms with Gasteiger partial charge in [0.25, 0.3) is 0 Å². The van der Waals surface area contributed by atoms with Crippen molar-refractivity contribution in [1.29, 1.82) is 5.41 Å². The summed E-state index contributed by atoms with van der Waals surface area (Å²) in [6.07, 6.45) is 14.1. The maximum absolute atomic E-state index is 7.50. The van der Waals surface area contributed by atoms with Crippen molar-refractivity contribution in [3.05, 3.63) is 53.1 Å². The van der Waals surface area contributed by atoms with E-state index in [0.29, 0.717) is 0 Å². The van der Waals surface area contributed by atoms with Crippen LogP contribution in [0.25, 0.3) is 5.57 Å². The van der Waals surface area contributed by atoms with Crippen molar-refractivity contribution < 1.29 is 0 Å². The Morgan fingerprint density at radius 3 is 2.37 bits per heavy atom. The van der Waals surface area contributed by atoms with Crippen LogP contribution in [0.2, 0.25) is 0 Å². The van der Waals surface area contributed by atoms with Gasteiger partial charge in [-0.05, 0) is 102 Å².